The lowest BCUT2D eigenvalue weighted by molar-refractivity contribution is 0.0834. The Morgan fingerprint density at radius 2 is 2.25 bits per heavy atom. The fourth-order valence-electron chi connectivity index (χ4n) is 1.13. The van der Waals surface area contributed by atoms with Gasteiger partial charge in [-0.1, -0.05) is 19.6 Å². The lowest BCUT2D eigenvalue weighted by atomic mass is 10.5. The zero-order valence-electron chi connectivity index (χ0n) is 9.86. The number of aldehydes is 1. The fraction of sp³-hybridized carbons (Fsp3) is 0.600. The number of aromatic nitrogens is 2. The summed E-state index contributed by atoms with van der Waals surface area (Å²) in [5.41, 5.74) is 0.521. The van der Waals surface area contributed by atoms with Crippen molar-refractivity contribution in [2.75, 3.05) is 6.61 Å². The van der Waals surface area contributed by atoms with Gasteiger partial charge in [0.25, 0.3) is 0 Å². The number of hydrogen-bond acceptors (Lipinski definition) is 3. The Labute approximate surface area is 105 Å². The van der Waals surface area contributed by atoms with Crippen molar-refractivity contribution in [1.82, 2.24) is 9.55 Å². The molecule has 1 heterocycles. The third-order valence-corrected chi connectivity index (χ3v) is 4.48. The molecule has 1 aromatic heterocycles. The molecule has 6 heteroatoms. The minimum atomic E-state index is -1.04. The second-order valence-corrected chi connectivity index (χ2v) is 11.2. The molecular formula is C10H17BrN2O2Si. The highest BCUT2D eigenvalue weighted by atomic mass is 79.9. The van der Waals surface area contributed by atoms with Gasteiger partial charge in [0.05, 0.1) is 6.33 Å². The second-order valence-electron chi connectivity index (χ2n) is 4.86. The Bertz CT molecular complexity index is 360. The van der Waals surface area contributed by atoms with Gasteiger partial charge < -0.3 is 9.30 Å². The Morgan fingerprint density at radius 1 is 1.56 bits per heavy atom. The average molecular weight is 305 g/mol. The van der Waals surface area contributed by atoms with Crippen LogP contribution in [0.1, 0.15) is 10.5 Å². The highest BCUT2D eigenvalue weighted by molar-refractivity contribution is 9.10. The van der Waals surface area contributed by atoms with Gasteiger partial charge in [-0.15, -0.1) is 0 Å². The lowest BCUT2D eigenvalue weighted by Gasteiger charge is -2.15. The minimum absolute atomic E-state index is 0.386. The van der Waals surface area contributed by atoms with Gasteiger partial charge in [0, 0.05) is 14.7 Å². The maximum Gasteiger partial charge on any atom is 0.169 e. The molecule has 1 aromatic rings. The first-order valence-electron chi connectivity index (χ1n) is 5.17. The molecule has 0 fully saturated rings. The lowest BCUT2D eigenvalue weighted by Crippen LogP contribution is -2.22. The van der Waals surface area contributed by atoms with Crippen molar-refractivity contribution in [3.05, 3.63) is 16.6 Å². The van der Waals surface area contributed by atoms with Gasteiger partial charge in [-0.25, -0.2) is 4.98 Å². The molecule has 0 aromatic carbocycles. The van der Waals surface area contributed by atoms with Gasteiger partial charge in [-0.2, -0.15) is 0 Å². The van der Waals surface area contributed by atoms with E-state index >= 15 is 0 Å². The summed E-state index contributed by atoms with van der Waals surface area (Å²) in [6.45, 7) is 8.05. The van der Waals surface area contributed by atoms with Crippen molar-refractivity contribution in [1.29, 1.82) is 0 Å². The van der Waals surface area contributed by atoms with E-state index in [2.05, 4.69) is 40.6 Å². The quantitative estimate of drug-likeness (QED) is 0.461. The summed E-state index contributed by atoms with van der Waals surface area (Å²) >= 11 is 3.21. The first kappa shape index (κ1) is 13.6. The SMILES string of the molecule is C[Si](C)(C)CCOCn1cnc(Br)c1C=O. The van der Waals surface area contributed by atoms with Gasteiger partial charge in [0.2, 0.25) is 0 Å². The van der Waals surface area contributed by atoms with Crippen LogP contribution in [0, 0.1) is 0 Å². The molecule has 0 spiro atoms. The molecule has 0 aliphatic rings. The van der Waals surface area contributed by atoms with Crippen LogP contribution in [-0.4, -0.2) is 30.5 Å². The van der Waals surface area contributed by atoms with Crippen molar-refractivity contribution < 1.29 is 9.53 Å². The summed E-state index contributed by atoms with van der Waals surface area (Å²) < 4.78 is 7.79. The summed E-state index contributed by atoms with van der Waals surface area (Å²) in [6.07, 6.45) is 2.38. The Balaban J connectivity index is 2.40. The standard InChI is InChI=1S/C10H17BrN2O2Si/c1-16(2,3)5-4-15-8-13-7-12-10(11)9(13)6-14/h6-7H,4-5,8H2,1-3H3. The molecule has 0 aliphatic heterocycles. The highest BCUT2D eigenvalue weighted by Crippen LogP contribution is 2.13. The molecule has 0 saturated carbocycles. The van der Waals surface area contributed by atoms with E-state index in [1.54, 1.807) is 10.9 Å². The van der Waals surface area contributed by atoms with E-state index in [0.29, 0.717) is 17.0 Å². The van der Waals surface area contributed by atoms with Crippen LogP contribution >= 0.6 is 15.9 Å². The number of carbonyl (C=O) groups is 1. The van der Waals surface area contributed by atoms with Gasteiger partial charge in [0.1, 0.15) is 17.0 Å². The molecule has 0 saturated heterocycles. The van der Waals surface area contributed by atoms with Gasteiger partial charge in [-0.05, 0) is 22.0 Å². The molecule has 0 atom stereocenters. The van der Waals surface area contributed by atoms with Crippen LogP contribution in [0.2, 0.25) is 25.7 Å². The number of rotatable bonds is 6. The number of halogens is 1. The topological polar surface area (TPSA) is 44.1 Å². The molecule has 0 radical (unpaired) electrons. The summed E-state index contributed by atoms with van der Waals surface area (Å²) in [4.78, 5) is 14.8. The summed E-state index contributed by atoms with van der Waals surface area (Å²) in [5, 5.41) is 0. The number of ether oxygens (including phenoxy) is 1. The normalized spacial score (nSPS) is 11.8. The van der Waals surface area contributed by atoms with E-state index in [4.69, 9.17) is 4.74 Å². The smallest absolute Gasteiger partial charge is 0.169 e. The molecule has 0 bridgehead atoms. The zero-order valence-corrected chi connectivity index (χ0v) is 12.5. The molecule has 0 aliphatic carbocycles. The third-order valence-electron chi connectivity index (χ3n) is 2.17. The molecule has 0 unspecified atom stereocenters. The Morgan fingerprint density at radius 3 is 2.81 bits per heavy atom. The van der Waals surface area contributed by atoms with Crippen molar-refractivity contribution in [2.45, 2.75) is 32.4 Å². The molecular weight excluding hydrogens is 288 g/mol. The monoisotopic (exact) mass is 304 g/mol. The number of hydrogen-bond donors (Lipinski definition) is 0. The van der Waals surface area contributed by atoms with E-state index in [9.17, 15) is 4.79 Å². The third kappa shape index (κ3) is 4.19. The van der Waals surface area contributed by atoms with Crippen molar-refractivity contribution >= 4 is 30.3 Å². The Kier molecular flexibility index (Phi) is 4.88. The van der Waals surface area contributed by atoms with Crippen LogP contribution in [0.25, 0.3) is 0 Å². The average Bonchev–Trinajstić information content (AvgIpc) is 2.52. The zero-order chi connectivity index (χ0) is 12.2. The molecule has 0 N–H and O–H groups in total. The highest BCUT2D eigenvalue weighted by Gasteiger charge is 2.12. The largest absolute Gasteiger partial charge is 0.361 e. The predicted molar refractivity (Wildman–Crippen MR) is 69.4 cm³/mol. The first-order valence-corrected chi connectivity index (χ1v) is 9.67. The van der Waals surface area contributed by atoms with E-state index < -0.39 is 8.07 Å². The van der Waals surface area contributed by atoms with E-state index in [-0.39, 0.29) is 0 Å². The molecule has 4 nitrogen and oxygen atoms in total. The maximum atomic E-state index is 10.8. The summed E-state index contributed by atoms with van der Waals surface area (Å²) in [6, 6.07) is 1.12. The molecule has 16 heavy (non-hydrogen) atoms. The van der Waals surface area contributed by atoms with Crippen LogP contribution in [0.3, 0.4) is 0 Å². The minimum Gasteiger partial charge on any atom is -0.361 e. The van der Waals surface area contributed by atoms with Gasteiger partial charge in [-0.3, -0.25) is 4.79 Å². The predicted octanol–water partition coefficient (Wildman–Crippen LogP) is 2.77. The van der Waals surface area contributed by atoms with Crippen LogP contribution in [-0.2, 0) is 11.5 Å². The fourth-order valence-corrected chi connectivity index (χ4v) is 2.30. The van der Waals surface area contributed by atoms with Crippen molar-refractivity contribution in [3.8, 4) is 0 Å². The van der Waals surface area contributed by atoms with E-state index in [1.165, 1.54) is 0 Å². The molecule has 0 amide bonds. The van der Waals surface area contributed by atoms with E-state index in [1.807, 2.05) is 0 Å². The molecule has 1 rings (SSSR count). The first-order chi connectivity index (χ1) is 7.44. The number of carbonyl (C=O) groups excluding carboxylic acids is 1. The van der Waals surface area contributed by atoms with Crippen LogP contribution in [0.15, 0.2) is 10.9 Å². The van der Waals surface area contributed by atoms with Gasteiger partial charge in [0.15, 0.2) is 6.29 Å². The summed E-state index contributed by atoms with van der Waals surface area (Å²) in [7, 11) is -1.04. The summed E-state index contributed by atoms with van der Waals surface area (Å²) in [5.74, 6) is 0. The van der Waals surface area contributed by atoms with Crippen molar-refractivity contribution in [3.63, 3.8) is 0 Å². The number of imidazole rings is 1. The van der Waals surface area contributed by atoms with Crippen LogP contribution in [0.5, 0.6) is 0 Å². The Hall–Kier alpha value is -0.463. The maximum absolute atomic E-state index is 10.8. The molecule has 90 valence electrons. The number of nitrogens with zero attached hydrogens (tertiary/aromatic N) is 2. The van der Waals surface area contributed by atoms with Crippen LogP contribution < -0.4 is 0 Å². The second kappa shape index (κ2) is 5.74. The van der Waals surface area contributed by atoms with Crippen molar-refractivity contribution in [2.24, 2.45) is 0 Å². The van der Waals surface area contributed by atoms with Crippen LogP contribution in [0.4, 0.5) is 0 Å². The van der Waals surface area contributed by atoms with Gasteiger partial charge >= 0.3 is 0 Å². The van der Waals surface area contributed by atoms with E-state index in [0.717, 1.165) is 18.9 Å².